The third kappa shape index (κ3) is 2.55. The maximum absolute atomic E-state index is 13.6. The zero-order valence-electron chi connectivity index (χ0n) is 10.9. The van der Waals surface area contributed by atoms with Crippen LogP contribution in [0.3, 0.4) is 0 Å². The lowest BCUT2D eigenvalue weighted by Crippen LogP contribution is -2.00. The fourth-order valence-electron chi connectivity index (χ4n) is 2.06. The molecule has 0 aliphatic heterocycles. The number of hydrogen-bond donors (Lipinski definition) is 0. The van der Waals surface area contributed by atoms with Crippen molar-refractivity contribution in [2.24, 2.45) is 0 Å². The van der Waals surface area contributed by atoms with Crippen molar-refractivity contribution in [3.8, 4) is 0 Å². The van der Waals surface area contributed by atoms with Crippen molar-refractivity contribution in [2.45, 2.75) is 6.92 Å². The Balaban J connectivity index is 2.09. The fraction of sp³-hybridized carbons (Fsp3) is 0.0625. The molecular weight excluding hydrogens is 314 g/mol. The number of rotatable bonds is 2. The Morgan fingerprint density at radius 1 is 1.14 bits per heavy atom. The van der Waals surface area contributed by atoms with Gasteiger partial charge in [-0.2, -0.15) is 0 Å². The normalized spacial score (nSPS) is 11.0. The number of fused-ring (bicyclic) bond motifs is 1. The Hall–Kier alpha value is -1.84. The lowest BCUT2D eigenvalue weighted by molar-refractivity contribution is 0.101. The smallest absolute Gasteiger partial charge is 0.228 e. The highest BCUT2D eigenvalue weighted by Gasteiger charge is 2.17. The number of ketones is 1. The van der Waals surface area contributed by atoms with E-state index in [1.807, 2.05) is 0 Å². The standard InChI is InChI=1S/C16H9Cl2FO2/c1-8-2-3-9(5-13(8)19)15(20)14-6-10-4-11(17)7-12(18)16(10)21-14/h2-7H,1H3. The van der Waals surface area contributed by atoms with Crippen LogP contribution in [-0.2, 0) is 0 Å². The fourth-order valence-corrected chi connectivity index (χ4v) is 2.61. The molecule has 0 aliphatic carbocycles. The van der Waals surface area contributed by atoms with Crippen molar-refractivity contribution in [3.05, 3.63) is 69.1 Å². The van der Waals surface area contributed by atoms with Crippen molar-refractivity contribution in [3.63, 3.8) is 0 Å². The summed E-state index contributed by atoms with van der Waals surface area (Å²) in [4.78, 5) is 12.3. The predicted molar refractivity (Wildman–Crippen MR) is 80.8 cm³/mol. The van der Waals surface area contributed by atoms with E-state index in [4.69, 9.17) is 27.6 Å². The van der Waals surface area contributed by atoms with Crippen LogP contribution in [0.1, 0.15) is 21.7 Å². The molecule has 3 rings (SSSR count). The minimum Gasteiger partial charge on any atom is -0.451 e. The highest BCUT2D eigenvalue weighted by Crippen LogP contribution is 2.31. The zero-order valence-corrected chi connectivity index (χ0v) is 12.4. The van der Waals surface area contributed by atoms with Crippen LogP contribution in [-0.4, -0.2) is 5.78 Å². The average Bonchev–Trinajstić information content (AvgIpc) is 2.85. The minimum absolute atomic E-state index is 0.0948. The molecule has 2 aromatic carbocycles. The van der Waals surface area contributed by atoms with Crippen LogP contribution in [0.25, 0.3) is 11.0 Å². The Kier molecular flexibility index (Phi) is 3.47. The van der Waals surface area contributed by atoms with Crippen LogP contribution in [0, 0.1) is 12.7 Å². The third-order valence-corrected chi connectivity index (χ3v) is 3.69. The van der Waals surface area contributed by atoms with Gasteiger partial charge in [0.1, 0.15) is 5.82 Å². The molecule has 0 radical (unpaired) electrons. The first-order chi connectivity index (χ1) is 9.95. The number of carbonyl (C=O) groups excluding carboxylic acids is 1. The monoisotopic (exact) mass is 322 g/mol. The number of carbonyl (C=O) groups is 1. The van der Waals surface area contributed by atoms with Crippen LogP contribution in [0.5, 0.6) is 0 Å². The molecule has 0 fully saturated rings. The van der Waals surface area contributed by atoms with Gasteiger partial charge in [0, 0.05) is 16.0 Å². The first-order valence-corrected chi connectivity index (χ1v) is 6.91. The number of aryl methyl sites for hydroxylation is 1. The van der Waals surface area contributed by atoms with Gasteiger partial charge in [-0.05, 0) is 36.8 Å². The minimum atomic E-state index is -0.432. The van der Waals surface area contributed by atoms with Gasteiger partial charge in [-0.3, -0.25) is 4.79 Å². The molecule has 1 aromatic heterocycles. The number of benzene rings is 2. The van der Waals surface area contributed by atoms with Crippen LogP contribution in [0.2, 0.25) is 10.0 Å². The summed E-state index contributed by atoms with van der Waals surface area (Å²) in [6, 6.07) is 9.04. The van der Waals surface area contributed by atoms with Crippen LogP contribution < -0.4 is 0 Å². The zero-order chi connectivity index (χ0) is 15.1. The molecule has 0 amide bonds. The van der Waals surface area contributed by atoms with Gasteiger partial charge in [0.25, 0.3) is 0 Å². The Bertz CT molecular complexity index is 868. The number of hydrogen-bond acceptors (Lipinski definition) is 2. The van der Waals surface area contributed by atoms with Gasteiger partial charge in [0.2, 0.25) is 5.78 Å². The van der Waals surface area contributed by atoms with Crippen LogP contribution in [0.15, 0.2) is 40.8 Å². The van der Waals surface area contributed by atoms with Gasteiger partial charge >= 0.3 is 0 Å². The molecule has 2 nitrogen and oxygen atoms in total. The molecule has 21 heavy (non-hydrogen) atoms. The molecule has 0 saturated carbocycles. The van der Waals surface area contributed by atoms with Crippen molar-refractivity contribution in [1.82, 2.24) is 0 Å². The van der Waals surface area contributed by atoms with E-state index >= 15 is 0 Å². The van der Waals surface area contributed by atoms with Crippen LogP contribution in [0.4, 0.5) is 4.39 Å². The first kappa shape index (κ1) is 14.1. The molecule has 0 unspecified atom stereocenters. The lowest BCUT2D eigenvalue weighted by atomic mass is 10.1. The number of halogens is 3. The topological polar surface area (TPSA) is 30.2 Å². The van der Waals surface area contributed by atoms with Crippen molar-refractivity contribution in [1.29, 1.82) is 0 Å². The van der Waals surface area contributed by atoms with Gasteiger partial charge in [0.15, 0.2) is 11.3 Å². The van der Waals surface area contributed by atoms with E-state index in [-0.39, 0.29) is 11.3 Å². The van der Waals surface area contributed by atoms with E-state index < -0.39 is 11.6 Å². The third-order valence-electron chi connectivity index (χ3n) is 3.19. The molecule has 3 aromatic rings. The SMILES string of the molecule is Cc1ccc(C(=O)c2cc3cc(Cl)cc(Cl)c3o2)cc1F. The van der Waals surface area contributed by atoms with Gasteiger partial charge in [0.05, 0.1) is 5.02 Å². The maximum atomic E-state index is 13.6. The summed E-state index contributed by atoms with van der Waals surface area (Å²) in [7, 11) is 0. The van der Waals surface area contributed by atoms with E-state index in [9.17, 15) is 9.18 Å². The van der Waals surface area contributed by atoms with Gasteiger partial charge in [-0.15, -0.1) is 0 Å². The Morgan fingerprint density at radius 3 is 2.62 bits per heavy atom. The summed E-state index contributed by atoms with van der Waals surface area (Å²) in [5, 5.41) is 1.41. The van der Waals surface area contributed by atoms with Gasteiger partial charge in [-0.1, -0.05) is 35.3 Å². The van der Waals surface area contributed by atoms with E-state index in [1.165, 1.54) is 12.1 Å². The Labute approximate surface area is 130 Å². The highest BCUT2D eigenvalue weighted by molar-refractivity contribution is 6.38. The molecule has 106 valence electrons. The summed E-state index contributed by atoms with van der Waals surface area (Å²) in [5.41, 5.74) is 1.09. The van der Waals surface area contributed by atoms with E-state index in [0.717, 1.165) is 0 Å². The first-order valence-electron chi connectivity index (χ1n) is 6.15. The summed E-state index contributed by atoms with van der Waals surface area (Å²) >= 11 is 11.9. The van der Waals surface area contributed by atoms with E-state index in [0.29, 0.717) is 26.6 Å². The molecular formula is C16H9Cl2FO2. The van der Waals surface area contributed by atoms with Crippen LogP contribution >= 0.6 is 23.2 Å². The molecule has 5 heteroatoms. The average molecular weight is 323 g/mol. The second kappa shape index (κ2) is 5.17. The summed E-state index contributed by atoms with van der Waals surface area (Å²) < 4.78 is 19.0. The second-order valence-corrected chi connectivity index (χ2v) is 5.55. The van der Waals surface area contributed by atoms with Gasteiger partial charge in [-0.25, -0.2) is 4.39 Å². The maximum Gasteiger partial charge on any atom is 0.228 e. The van der Waals surface area contributed by atoms with Gasteiger partial charge < -0.3 is 4.42 Å². The summed E-state index contributed by atoms with van der Waals surface area (Å²) in [5.74, 6) is -0.743. The summed E-state index contributed by atoms with van der Waals surface area (Å²) in [6.45, 7) is 1.63. The van der Waals surface area contributed by atoms with Crippen molar-refractivity contribution in [2.75, 3.05) is 0 Å². The molecule has 0 bridgehead atoms. The van der Waals surface area contributed by atoms with E-state index in [2.05, 4.69) is 0 Å². The quantitative estimate of drug-likeness (QED) is 0.590. The second-order valence-electron chi connectivity index (χ2n) is 4.71. The van der Waals surface area contributed by atoms with E-state index in [1.54, 1.807) is 31.2 Å². The van der Waals surface area contributed by atoms with Crippen molar-refractivity contribution < 1.29 is 13.6 Å². The molecule has 0 atom stereocenters. The predicted octanol–water partition coefficient (Wildman–Crippen LogP) is 5.42. The highest BCUT2D eigenvalue weighted by atomic mass is 35.5. The lowest BCUT2D eigenvalue weighted by Gasteiger charge is -2.00. The largest absolute Gasteiger partial charge is 0.451 e. The molecule has 0 N–H and O–H groups in total. The molecule has 0 aliphatic rings. The molecule has 0 spiro atoms. The Morgan fingerprint density at radius 2 is 1.90 bits per heavy atom. The number of furan rings is 1. The molecule has 0 saturated heterocycles. The summed E-state index contributed by atoms with van der Waals surface area (Å²) in [6.07, 6.45) is 0. The molecule has 1 heterocycles. The van der Waals surface area contributed by atoms with Crippen molar-refractivity contribution >= 4 is 40.0 Å².